The fourth-order valence-corrected chi connectivity index (χ4v) is 3.79. The summed E-state index contributed by atoms with van der Waals surface area (Å²) in [5, 5.41) is 5.10. The molecular formula is C20H17ClFN5O. The van der Waals surface area contributed by atoms with Crippen LogP contribution in [0.4, 0.5) is 15.9 Å². The number of hydrogen-bond donors (Lipinski definition) is 0. The molecule has 1 aromatic carbocycles. The number of fused-ring (bicyclic) bond motifs is 1. The first-order valence-corrected chi connectivity index (χ1v) is 9.48. The average molecular weight is 398 g/mol. The highest BCUT2D eigenvalue weighted by molar-refractivity contribution is 6.30. The van der Waals surface area contributed by atoms with Crippen molar-refractivity contribution in [3.63, 3.8) is 0 Å². The lowest BCUT2D eigenvalue weighted by molar-refractivity contribution is 0.0991. The molecule has 2 aliphatic rings. The Hall–Kier alpha value is -2.93. The number of hydrogen-bond acceptors (Lipinski definition) is 4. The van der Waals surface area contributed by atoms with E-state index < -0.39 is 6.17 Å². The van der Waals surface area contributed by atoms with Gasteiger partial charge in [0.1, 0.15) is 12.0 Å². The van der Waals surface area contributed by atoms with Crippen LogP contribution in [-0.4, -0.2) is 39.9 Å². The number of pyridine rings is 1. The van der Waals surface area contributed by atoms with E-state index in [4.69, 9.17) is 11.6 Å². The first-order chi connectivity index (χ1) is 13.6. The Morgan fingerprint density at radius 3 is 2.54 bits per heavy atom. The van der Waals surface area contributed by atoms with Gasteiger partial charge in [0.25, 0.3) is 5.91 Å². The Labute approximate surface area is 166 Å². The molecule has 1 saturated heterocycles. The molecule has 0 radical (unpaired) electrons. The first-order valence-electron chi connectivity index (χ1n) is 9.10. The molecule has 8 heteroatoms. The van der Waals surface area contributed by atoms with Crippen LogP contribution < -0.4 is 9.80 Å². The van der Waals surface area contributed by atoms with Gasteiger partial charge in [-0.1, -0.05) is 11.6 Å². The molecule has 1 fully saturated rings. The Morgan fingerprint density at radius 1 is 1.11 bits per heavy atom. The number of amides is 1. The summed E-state index contributed by atoms with van der Waals surface area (Å²) in [6.07, 6.45) is 3.27. The maximum atomic E-state index is 13.4. The average Bonchev–Trinajstić information content (AvgIpc) is 3.39. The molecule has 0 aliphatic carbocycles. The number of benzene rings is 1. The molecule has 0 spiro atoms. The number of alkyl halides is 1. The minimum atomic E-state index is -0.797. The van der Waals surface area contributed by atoms with E-state index in [2.05, 4.69) is 10.1 Å². The van der Waals surface area contributed by atoms with E-state index in [1.807, 2.05) is 35.4 Å². The lowest BCUT2D eigenvalue weighted by Gasteiger charge is -2.19. The van der Waals surface area contributed by atoms with Gasteiger partial charge in [0.2, 0.25) is 0 Å². The van der Waals surface area contributed by atoms with Crippen LogP contribution in [0.25, 0.3) is 5.69 Å². The van der Waals surface area contributed by atoms with Gasteiger partial charge < -0.3 is 9.80 Å². The molecule has 2 aromatic heterocycles. The van der Waals surface area contributed by atoms with Crippen LogP contribution in [0.3, 0.4) is 0 Å². The van der Waals surface area contributed by atoms with Gasteiger partial charge in [-0.05, 0) is 42.8 Å². The van der Waals surface area contributed by atoms with Crippen molar-refractivity contribution in [2.24, 2.45) is 0 Å². The van der Waals surface area contributed by atoms with Crippen LogP contribution in [0.2, 0.25) is 5.02 Å². The van der Waals surface area contributed by atoms with Gasteiger partial charge in [-0.3, -0.25) is 4.79 Å². The topological polar surface area (TPSA) is 54.3 Å². The molecule has 1 amide bonds. The summed E-state index contributed by atoms with van der Waals surface area (Å²) in [6, 6.07) is 11.0. The highest BCUT2D eigenvalue weighted by Gasteiger charge is 2.32. The van der Waals surface area contributed by atoms with Gasteiger partial charge in [-0.15, -0.1) is 0 Å². The molecule has 0 unspecified atom stereocenters. The second-order valence-electron chi connectivity index (χ2n) is 7.02. The van der Waals surface area contributed by atoms with E-state index in [1.165, 1.54) is 0 Å². The molecule has 1 atom stereocenters. The Bertz CT molecular complexity index is 1030. The molecule has 4 heterocycles. The summed E-state index contributed by atoms with van der Waals surface area (Å²) in [5.41, 5.74) is 2.87. The zero-order valence-electron chi connectivity index (χ0n) is 14.9. The predicted octanol–water partition coefficient (Wildman–Crippen LogP) is 3.63. The lowest BCUT2D eigenvalue weighted by atomic mass is 10.3. The second-order valence-corrected chi connectivity index (χ2v) is 7.46. The molecule has 28 heavy (non-hydrogen) atoms. The Morgan fingerprint density at radius 2 is 1.89 bits per heavy atom. The van der Waals surface area contributed by atoms with Crippen LogP contribution in [-0.2, 0) is 6.54 Å². The second kappa shape index (κ2) is 6.60. The molecule has 5 rings (SSSR count). The van der Waals surface area contributed by atoms with Gasteiger partial charge in [0, 0.05) is 23.3 Å². The van der Waals surface area contributed by atoms with Crippen LogP contribution in [0.15, 0.2) is 48.8 Å². The van der Waals surface area contributed by atoms with Gasteiger partial charge in [0.05, 0.1) is 30.7 Å². The van der Waals surface area contributed by atoms with Crippen molar-refractivity contribution in [3.8, 4) is 5.69 Å². The maximum absolute atomic E-state index is 13.4. The zero-order chi connectivity index (χ0) is 19.3. The largest absolute Gasteiger partial charge is 0.354 e. The molecule has 2 aliphatic heterocycles. The smallest absolute Gasteiger partial charge is 0.279 e. The van der Waals surface area contributed by atoms with Gasteiger partial charge in [-0.2, -0.15) is 5.10 Å². The van der Waals surface area contributed by atoms with Crippen molar-refractivity contribution < 1.29 is 9.18 Å². The van der Waals surface area contributed by atoms with Crippen molar-refractivity contribution in [2.75, 3.05) is 22.9 Å². The monoisotopic (exact) mass is 397 g/mol. The molecule has 0 N–H and O–H groups in total. The number of carbonyl (C=O) groups excluding carboxylic acids is 1. The molecular weight excluding hydrogens is 381 g/mol. The normalized spacial score (nSPS) is 18.8. The first kappa shape index (κ1) is 17.2. The van der Waals surface area contributed by atoms with Crippen LogP contribution in [0.1, 0.15) is 22.5 Å². The summed E-state index contributed by atoms with van der Waals surface area (Å²) >= 11 is 5.93. The van der Waals surface area contributed by atoms with E-state index in [1.54, 1.807) is 27.9 Å². The summed E-state index contributed by atoms with van der Waals surface area (Å²) in [4.78, 5) is 20.8. The fourth-order valence-electron chi connectivity index (χ4n) is 3.66. The molecule has 0 bridgehead atoms. The minimum absolute atomic E-state index is 0.151. The summed E-state index contributed by atoms with van der Waals surface area (Å²) in [7, 11) is 0. The number of aromatic nitrogens is 3. The quantitative estimate of drug-likeness (QED) is 0.677. The van der Waals surface area contributed by atoms with Crippen molar-refractivity contribution in [3.05, 3.63) is 65.1 Å². The van der Waals surface area contributed by atoms with Crippen molar-refractivity contribution in [2.45, 2.75) is 19.1 Å². The molecule has 3 aromatic rings. The third kappa shape index (κ3) is 2.92. The Kier molecular flexibility index (Phi) is 4.05. The van der Waals surface area contributed by atoms with Gasteiger partial charge in [0.15, 0.2) is 5.69 Å². The SMILES string of the molecule is O=C1c2nn(-c3ccc(Cl)cc3)cc2CN1c1ccc(N2CC[C@@H](F)C2)nc1. The van der Waals surface area contributed by atoms with Gasteiger partial charge in [-0.25, -0.2) is 14.1 Å². The van der Waals surface area contributed by atoms with E-state index in [0.29, 0.717) is 42.5 Å². The highest BCUT2D eigenvalue weighted by Crippen LogP contribution is 2.29. The Balaban J connectivity index is 1.35. The highest BCUT2D eigenvalue weighted by atomic mass is 35.5. The minimum Gasteiger partial charge on any atom is -0.354 e. The lowest BCUT2D eigenvalue weighted by Crippen LogP contribution is -2.25. The van der Waals surface area contributed by atoms with E-state index in [-0.39, 0.29) is 5.91 Å². The molecule has 0 saturated carbocycles. The third-order valence-electron chi connectivity index (χ3n) is 5.16. The van der Waals surface area contributed by atoms with Crippen LogP contribution in [0.5, 0.6) is 0 Å². The number of carbonyl (C=O) groups is 1. The van der Waals surface area contributed by atoms with E-state index >= 15 is 0 Å². The van der Waals surface area contributed by atoms with Crippen molar-refractivity contribution >= 4 is 29.0 Å². The maximum Gasteiger partial charge on any atom is 0.279 e. The van der Waals surface area contributed by atoms with Crippen molar-refractivity contribution in [1.29, 1.82) is 0 Å². The van der Waals surface area contributed by atoms with Crippen LogP contribution in [0, 0.1) is 0 Å². The summed E-state index contributed by atoms with van der Waals surface area (Å²) < 4.78 is 15.1. The number of rotatable bonds is 3. The predicted molar refractivity (Wildman–Crippen MR) is 105 cm³/mol. The summed E-state index contributed by atoms with van der Waals surface area (Å²) in [6.45, 7) is 1.48. The zero-order valence-corrected chi connectivity index (χ0v) is 15.7. The number of nitrogens with zero attached hydrogens (tertiary/aromatic N) is 5. The third-order valence-corrected chi connectivity index (χ3v) is 5.41. The van der Waals surface area contributed by atoms with Crippen LogP contribution >= 0.6 is 11.6 Å². The van der Waals surface area contributed by atoms with Crippen molar-refractivity contribution in [1.82, 2.24) is 14.8 Å². The van der Waals surface area contributed by atoms with E-state index in [0.717, 1.165) is 17.1 Å². The molecule has 142 valence electrons. The number of anilines is 2. The number of halogens is 2. The summed E-state index contributed by atoms with van der Waals surface area (Å²) in [5.74, 6) is 0.587. The molecule has 6 nitrogen and oxygen atoms in total. The fraction of sp³-hybridized carbons (Fsp3) is 0.250. The standard InChI is InChI=1S/C20H17ClFN5O/c21-14-1-3-16(4-2-14)27-11-13-10-26(20(28)19(13)24-27)17-5-6-18(23-9-17)25-8-7-15(22)12-25/h1-6,9,11,15H,7-8,10,12H2/t15-/m1/s1. The van der Waals surface area contributed by atoms with E-state index in [9.17, 15) is 9.18 Å². The van der Waals surface area contributed by atoms with Gasteiger partial charge >= 0.3 is 0 Å².